The molecule has 0 radical (unpaired) electrons. The van der Waals surface area contributed by atoms with Crippen molar-refractivity contribution in [1.29, 1.82) is 0 Å². The molecule has 7 nitrogen and oxygen atoms in total. The van der Waals surface area contributed by atoms with E-state index in [0.29, 0.717) is 10.8 Å². The topological polar surface area (TPSA) is 97.4 Å². The van der Waals surface area contributed by atoms with Crippen LogP contribution in [-0.2, 0) is 21.2 Å². The quantitative estimate of drug-likeness (QED) is 0.259. The third kappa shape index (κ3) is 6.66. The third-order valence-corrected chi connectivity index (χ3v) is 8.11. The highest BCUT2D eigenvalue weighted by Gasteiger charge is 2.27. The molecule has 1 atom stereocenters. The summed E-state index contributed by atoms with van der Waals surface area (Å²) in [6.07, 6.45) is 0.187. The van der Waals surface area contributed by atoms with Gasteiger partial charge in [0.05, 0.1) is 17.7 Å². The number of methoxy groups -OCH3 is 1. The monoisotopic (exact) mass is 619 g/mol. The van der Waals surface area contributed by atoms with Gasteiger partial charge < -0.3 is 10.1 Å². The molecule has 1 amide bonds. The number of halogens is 1. The lowest BCUT2D eigenvalue weighted by Crippen LogP contribution is -2.45. The zero-order chi connectivity index (χ0) is 24.8. The fourth-order valence-corrected chi connectivity index (χ4v) is 5.60. The van der Waals surface area contributed by atoms with Gasteiger partial charge in [-0.05, 0) is 83.1 Å². The standard InChI is InChI=1S/C25H22IN3O4S2/c1-33-20-11-7-18(8-12-20)23-16-34-25(27-23)28-24(30)22(15-17-5-3-2-4-6-17)29-35(31,32)21-13-9-19(26)10-14-21/h2-14,16,22,29H,15H2,1H3,(H,27,28,30). The van der Waals surface area contributed by atoms with Crippen molar-refractivity contribution in [3.63, 3.8) is 0 Å². The van der Waals surface area contributed by atoms with Crippen LogP contribution >= 0.6 is 33.9 Å². The highest BCUT2D eigenvalue weighted by atomic mass is 127. The summed E-state index contributed by atoms with van der Waals surface area (Å²) < 4.78 is 34.7. The Labute approximate surface area is 221 Å². The van der Waals surface area contributed by atoms with E-state index in [1.807, 2.05) is 60.0 Å². The predicted octanol–water partition coefficient (Wildman–Crippen LogP) is 4.95. The number of sulfonamides is 1. The first-order chi connectivity index (χ1) is 16.8. The van der Waals surface area contributed by atoms with Crippen molar-refractivity contribution in [2.24, 2.45) is 0 Å². The molecule has 0 spiro atoms. The molecule has 2 N–H and O–H groups in total. The minimum Gasteiger partial charge on any atom is -0.497 e. The summed E-state index contributed by atoms with van der Waals surface area (Å²) in [4.78, 5) is 17.8. The number of rotatable bonds is 9. The second-order valence-electron chi connectivity index (χ2n) is 7.57. The number of hydrogen-bond acceptors (Lipinski definition) is 6. The van der Waals surface area contributed by atoms with Crippen LogP contribution in [0, 0.1) is 3.57 Å². The van der Waals surface area contributed by atoms with Crippen LogP contribution < -0.4 is 14.8 Å². The lowest BCUT2D eigenvalue weighted by atomic mass is 10.1. The Bertz CT molecular complexity index is 1390. The summed E-state index contributed by atoms with van der Waals surface area (Å²) in [7, 11) is -2.32. The molecule has 1 heterocycles. The molecule has 35 heavy (non-hydrogen) atoms. The molecular weight excluding hydrogens is 597 g/mol. The maximum Gasteiger partial charge on any atom is 0.244 e. The van der Waals surface area contributed by atoms with Gasteiger partial charge in [-0.2, -0.15) is 4.72 Å². The Morgan fingerprint density at radius 3 is 2.37 bits per heavy atom. The highest BCUT2D eigenvalue weighted by Crippen LogP contribution is 2.26. The molecule has 1 aromatic heterocycles. The van der Waals surface area contributed by atoms with Crippen LogP contribution in [0.3, 0.4) is 0 Å². The summed E-state index contributed by atoms with van der Waals surface area (Å²) in [5.41, 5.74) is 2.41. The van der Waals surface area contributed by atoms with Crippen LogP contribution in [0.25, 0.3) is 11.3 Å². The highest BCUT2D eigenvalue weighted by molar-refractivity contribution is 14.1. The molecule has 4 aromatic rings. The Balaban J connectivity index is 1.54. The third-order valence-electron chi connectivity index (χ3n) is 5.14. The van der Waals surface area contributed by atoms with Crippen LogP contribution in [0.4, 0.5) is 5.13 Å². The van der Waals surface area contributed by atoms with Gasteiger partial charge in [0.1, 0.15) is 11.8 Å². The number of thiazole rings is 1. The molecule has 0 aliphatic heterocycles. The fourth-order valence-electron chi connectivity index (χ4n) is 3.32. The fraction of sp³-hybridized carbons (Fsp3) is 0.120. The number of carbonyl (C=O) groups is 1. The van der Waals surface area contributed by atoms with Crippen molar-refractivity contribution in [1.82, 2.24) is 9.71 Å². The lowest BCUT2D eigenvalue weighted by Gasteiger charge is -2.18. The number of benzene rings is 3. The largest absolute Gasteiger partial charge is 0.497 e. The normalized spacial score (nSPS) is 12.2. The zero-order valence-electron chi connectivity index (χ0n) is 18.6. The predicted molar refractivity (Wildman–Crippen MR) is 146 cm³/mol. The van der Waals surface area contributed by atoms with E-state index in [-0.39, 0.29) is 11.3 Å². The maximum atomic E-state index is 13.2. The van der Waals surface area contributed by atoms with Crippen LogP contribution in [0.15, 0.2) is 89.1 Å². The molecular formula is C25H22IN3O4S2. The van der Waals surface area contributed by atoms with Crippen molar-refractivity contribution in [2.45, 2.75) is 17.4 Å². The average molecular weight is 620 g/mol. The molecule has 0 bridgehead atoms. The second-order valence-corrected chi connectivity index (χ2v) is 11.4. The second kappa shape index (κ2) is 11.3. The van der Waals surface area contributed by atoms with E-state index in [0.717, 1.165) is 20.4 Å². The number of nitrogens with one attached hydrogen (secondary N) is 2. The van der Waals surface area contributed by atoms with Gasteiger partial charge in [-0.15, -0.1) is 11.3 Å². The SMILES string of the molecule is COc1ccc(-c2csc(NC(=O)C(Cc3ccccc3)NS(=O)(=O)c3ccc(I)cc3)n2)cc1. The van der Waals surface area contributed by atoms with Crippen molar-refractivity contribution >= 4 is 55.0 Å². The van der Waals surface area contributed by atoms with Gasteiger partial charge in [0, 0.05) is 14.5 Å². The van der Waals surface area contributed by atoms with E-state index >= 15 is 0 Å². The van der Waals surface area contributed by atoms with Crippen molar-refractivity contribution in [2.75, 3.05) is 12.4 Å². The zero-order valence-corrected chi connectivity index (χ0v) is 22.4. The van der Waals surface area contributed by atoms with Gasteiger partial charge in [0.2, 0.25) is 15.9 Å². The summed E-state index contributed by atoms with van der Waals surface area (Å²) in [6.45, 7) is 0. The molecule has 10 heteroatoms. The molecule has 0 saturated carbocycles. The molecule has 1 unspecified atom stereocenters. The van der Waals surface area contributed by atoms with Gasteiger partial charge in [0.25, 0.3) is 0 Å². The number of ether oxygens (including phenoxy) is 1. The molecule has 0 fully saturated rings. The Kier molecular flexibility index (Phi) is 8.16. The molecule has 180 valence electrons. The van der Waals surface area contributed by atoms with Gasteiger partial charge >= 0.3 is 0 Å². The Morgan fingerprint density at radius 2 is 1.71 bits per heavy atom. The summed E-state index contributed by atoms with van der Waals surface area (Å²) >= 11 is 3.38. The van der Waals surface area contributed by atoms with Gasteiger partial charge in [-0.1, -0.05) is 30.3 Å². The number of amides is 1. The minimum absolute atomic E-state index is 0.0971. The van der Waals surface area contributed by atoms with Gasteiger partial charge in [0.15, 0.2) is 5.13 Å². The van der Waals surface area contributed by atoms with Gasteiger partial charge in [-0.3, -0.25) is 4.79 Å². The van der Waals surface area contributed by atoms with Crippen LogP contribution in [0.5, 0.6) is 5.75 Å². The van der Waals surface area contributed by atoms with Crippen molar-refractivity contribution in [3.8, 4) is 17.0 Å². The summed E-state index contributed by atoms with van der Waals surface area (Å²) in [5.74, 6) is 0.250. The number of carbonyl (C=O) groups excluding carboxylic acids is 1. The van der Waals surface area contributed by atoms with Crippen LogP contribution in [-0.4, -0.2) is 32.5 Å². The summed E-state index contributed by atoms with van der Waals surface area (Å²) in [6, 6.07) is 22.1. The Hall–Kier alpha value is -2.80. The van der Waals surface area contributed by atoms with E-state index in [1.165, 1.54) is 23.5 Å². The molecule has 0 saturated heterocycles. The average Bonchev–Trinajstić information content (AvgIpc) is 3.33. The number of anilines is 1. The molecule has 3 aromatic carbocycles. The lowest BCUT2D eigenvalue weighted by molar-refractivity contribution is -0.117. The summed E-state index contributed by atoms with van der Waals surface area (Å²) in [5, 5.41) is 4.99. The number of hydrogen-bond donors (Lipinski definition) is 2. The Morgan fingerprint density at radius 1 is 1.03 bits per heavy atom. The van der Waals surface area contributed by atoms with Crippen LogP contribution in [0.2, 0.25) is 0 Å². The molecule has 0 aliphatic carbocycles. The van der Waals surface area contributed by atoms with Gasteiger partial charge in [-0.25, -0.2) is 13.4 Å². The first-order valence-electron chi connectivity index (χ1n) is 10.6. The molecule has 0 aliphatic rings. The van der Waals surface area contributed by atoms with E-state index < -0.39 is 22.0 Å². The van der Waals surface area contributed by atoms with E-state index in [1.54, 1.807) is 19.2 Å². The molecule has 4 rings (SSSR count). The maximum absolute atomic E-state index is 13.2. The van der Waals surface area contributed by atoms with E-state index in [2.05, 4.69) is 37.6 Å². The minimum atomic E-state index is -3.92. The van der Waals surface area contributed by atoms with E-state index in [4.69, 9.17) is 4.74 Å². The smallest absolute Gasteiger partial charge is 0.244 e. The van der Waals surface area contributed by atoms with Crippen molar-refractivity contribution in [3.05, 3.63) is 93.4 Å². The first-order valence-corrected chi connectivity index (χ1v) is 14.0. The van der Waals surface area contributed by atoms with E-state index in [9.17, 15) is 13.2 Å². The van der Waals surface area contributed by atoms with Crippen molar-refractivity contribution < 1.29 is 17.9 Å². The number of aromatic nitrogens is 1. The first kappa shape index (κ1) is 25.3. The number of nitrogens with zero attached hydrogens (tertiary/aromatic N) is 1. The van der Waals surface area contributed by atoms with Crippen LogP contribution in [0.1, 0.15) is 5.56 Å².